The molecule has 0 aromatic rings. The smallest absolute Gasteiger partial charge is 0.0292 e. The molecule has 0 N–H and O–H groups in total. The summed E-state index contributed by atoms with van der Waals surface area (Å²) in [5.41, 5.74) is 3.12. The van der Waals surface area contributed by atoms with Crippen LogP contribution < -0.4 is 0 Å². The van der Waals surface area contributed by atoms with E-state index in [1.54, 1.807) is 5.57 Å². The van der Waals surface area contributed by atoms with Crippen molar-refractivity contribution in [1.82, 2.24) is 0 Å². The first-order valence-corrected chi connectivity index (χ1v) is 3.83. The molecule has 9 heavy (non-hydrogen) atoms. The maximum Gasteiger partial charge on any atom is -0.0292 e. The van der Waals surface area contributed by atoms with Crippen molar-refractivity contribution >= 4 is 0 Å². The number of hydrogen-bond donors (Lipinski definition) is 0. The van der Waals surface area contributed by atoms with Gasteiger partial charge >= 0.3 is 0 Å². The van der Waals surface area contributed by atoms with Crippen LogP contribution in [0.15, 0.2) is 11.1 Å². The standard InChI is InChI=1S/C9H16/c1-7(2)8(3)6-9-4-5-9/h9H,4-6H2,1-3H3. The summed E-state index contributed by atoms with van der Waals surface area (Å²) in [4.78, 5) is 0. The summed E-state index contributed by atoms with van der Waals surface area (Å²) in [6, 6.07) is 0. The van der Waals surface area contributed by atoms with Crippen LogP contribution in [-0.4, -0.2) is 0 Å². The van der Waals surface area contributed by atoms with Crippen LogP contribution in [-0.2, 0) is 0 Å². The third-order valence-electron chi connectivity index (χ3n) is 2.15. The number of allylic oxidation sites excluding steroid dienone is 2. The first-order valence-electron chi connectivity index (χ1n) is 3.83. The zero-order valence-electron chi connectivity index (χ0n) is 6.70. The zero-order chi connectivity index (χ0) is 6.85. The maximum absolute atomic E-state index is 2.26. The normalized spacial score (nSPS) is 17.7. The van der Waals surface area contributed by atoms with Crippen molar-refractivity contribution in [3.05, 3.63) is 11.1 Å². The molecule has 1 aliphatic carbocycles. The zero-order valence-corrected chi connectivity index (χ0v) is 6.70. The highest BCUT2D eigenvalue weighted by Crippen LogP contribution is 2.35. The molecular formula is C9H16. The molecule has 0 bridgehead atoms. The van der Waals surface area contributed by atoms with Gasteiger partial charge in [0.05, 0.1) is 0 Å². The van der Waals surface area contributed by atoms with Gasteiger partial charge in [-0.3, -0.25) is 0 Å². The van der Waals surface area contributed by atoms with E-state index in [1.165, 1.54) is 24.8 Å². The summed E-state index contributed by atoms with van der Waals surface area (Å²) in [5.74, 6) is 1.06. The Morgan fingerprint density at radius 2 is 1.78 bits per heavy atom. The largest absolute Gasteiger partial charge is 0.0775 e. The van der Waals surface area contributed by atoms with Gasteiger partial charge in [0, 0.05) is 0 Å². The molecule has 0 heteroatoms. The average molecular weight is 124 g/mol. The molecule has 1 aliphatic rings. The average Bonchev–Trinajstić information content (AvgIpc) is 2.50. The Morgan fingerprint density at radius 3 is 2.11 bits per heavy atom. The van der Waals surface area contributed by atoms with E-state index in [2.05, 4.69) is 20.8 Å². The molecule has 1 fully saturated rings. The molecule has 1 rings (SSSR count). The van der Waals surface area contributed by atoms with E-state index in [-0.39, 0.29) is 0 Å². The molecule has 1 saturated carbocycles. The molecule has 0 nitrogen and oxygen atoms in total. The first-order chi connectivity index (χ1) is 4.20. The molecule has 0 saturated heterocycles. The first kappa shape index (κ1) is 6.85. The number of rotatable bonds is 2. The summed E-state index contributed by atoms with van der Waals surface area (Å²) >= 11 is 0. The lowest BCUT2D eigenvalue weighted by Crippen LogP contribution is -1.81. The topological polar surface area (TPSA) is 0 Å². The van der Waals surface area contributed by atoms with Crippen LogP contribution in [0.25, 0.3) is 0 Å². The Kier molecular flexibility index (Phi) is 1.94. The Bertz CT molecular complexity index is 123. The second kappa shape index (κ2) is 2.55. The Morgan fingerprint density at radius 1 is 1.22 bits per heavy atom. The SMILES string of the molecule is CC(C)=C(C)CC1CC1. The van der Waals surface area contributed by atoms with Crippen molar-refractivity contribution in [2.45, 2.75) is 40.0 Å². The van der Waals surface area contributed by atoms with Crippen molar-refractivity contribution in [3.63, 3.8) is 0 Å². The van der Waals surface area contributed by atoms with Crippen LogP contribution in [0.1, 0.15) is 40.0 Å². The van der Waals surface area contributed by atoms with E-state index in [0.29, 0.717) is 0 Å². The van der Waals surface area contributed by atoms with Crippen molar-refractivity contribution in [3.8, 4) is 0 Å². The third-order valence-corrected chi connectivity index (χ3v) is 2.15. The second-order valence-electron chi connectivity index (χ2n) is 3.43. The maximum atomic E-state index is 2.26. The summed E-state index contributed by atoms with van der Waals surface area (Å²) in [6.45, 7) is 6.67. The minimum Gasteiger partial charge on any atom is -0.0775 e. The minimum atomic E-state index is 1.06. The van der Waals surface area contributed by atoms with Crippen molar-refractivity contribution in [2.75, 3.05) is 0 Å². The fourth-order valence-electron chi connectivity index (χ4n) is 0.959. The van der Waals surface area contributed by atoms with Crippen molar-refractivity contribution in [1.29, 1.82) is 0 Å². The highest BCUT2D eigenvalue weighted by Gasteiger charge is 2.21. The van der Waals surface area contributed by atoms with Gasteiger partial charge in [0.2, 0.25) is 0 Å². The number of hydrogen-bond acceptors (Lipinski definition) is 0. The van der Waals surface area contributed by atoms with Gasteiger partial charge in [0.25, 0.3) is 0 Å². The van der Waals surface area contributed by atoms with E-state index in [9.17, 15) is 0 Å². The predicted molar refractivity (Wildman–Crippen MR) is 41.4 cm³/mol. The van der Waals surface area contributed by atoms with E-state index in [1.807, 2.05) is 0 Å². The fraction of sp³-hybridized carbons (Fsp3) is 0.778. The second-order valence-corrected chi connectivity index (χ2v) is 3.43. The molecule has 0 radical (unpaired) electrons. The van der Waals surface area contributed by atoms with Gasteiger partial charge in [-0.05, 0) is 46.0 Å². The van der Waals surface area contributed by atoms with Crippen LogP contribution in [0.5, 0.6) is 0 Å². The van der Waals surface area contributed by atoms with E-state index < -0.39 is 0 Å². The lowest BCUT2D eigenvalue weighted by Gasteiger charge is -1.99. The quantitative estimate of drug-likeness (QED) is 0.496. The fourth-order valence-corrected chi connectivity index (χ4v) is 0.959. The Labute approximate surface area is 58.0 Å². The molecule has 0 heterocycles. The summed E-state index contributed by atoms with van der Waals surface area (Å²) in [7, 11) is 0. The van der Waals surface area contributed by atoms with Crippen molar-refractivity contribution in [2.24, 2.45) is 5.92 Å². The summed E-state index contributed by atoms with van der Waals surface area (Å²) in [6.07, 6.45) is 4.32. The Balaban J connectivity index is 2.32. The molecule has 0 aromatic heterocycles. The minimum absolute atomic E-state index is 1.06. The molecule has 0 aromatic carbocycles. The van der Waals surface area contributed by atoms with Gasteiger partial charge in [-0.2, -0.15) is 0 Å². The monoisotopic (exact) mass is 124 g/mol. The van der Waals surface area contributed by atoms with E-state index in [4.69, 9.17) is 0 Å². The van der Waals surface area contributed by atoms with Gasteiger partial charge < -0.3 is 0 Å². The lowest BCUT2D eigenvalue weighted by molar-refractivity contribution is 0.810. The Hall–Kier alpha value is -0.260. The van der Waals surface area contributed by atoms with Gasteiger partial charge in [-0.1, -0.05) is 11.1 Å². The molecule has 52 valence electrons. The molecule has 0 unspecified atom stereocenters. The molecule has 0 atom stereocenters. The van der Waals surface area contributed by atoms with Gasteiger partial charge in [0.1, 0.15) is 0 Å². The highest BCUT2D eigenvalue weighted by atomic mass is 14.3. The van der Waals surface area contributed by atoms with Gasteiger partial charge in [0.15, 0.2) is 0 Å². The predicted octanol–water partition coefficient (Wildman–Crippen LogP) is 3.14. The van der Waals surface area contributed by atoms with E-state index in [0.717, 1.165) is 5.92 Å². The lowest BCUT2D eigenvalue weighted by atomic mass is 10.1. The van der Waals surface area contributed by atoms with Crippen LogP contribution in [0.4, 0.5) is 0 Å². The van der Waals surface area contributed by atoms with Crippen LogP contribution >= 0.6 is 0 Å². The molecule has 0 amide bonds. The third kappa shape index (κ3) is 2.21. The van der Waals surface area contributed by atoms with Gasteiger partial charge in [-0.25, -0.2) is 0 Å². The van der Waals surface area contributed by atoms with Crippen LogP contribution in [0.2, 0.25) is 0 Å². The van der Waals surface area contributed by atoms with E-state index >= 15 is 0 Å². The summed E-state index contributed by atoms with van der Waals surface area (Å²) < 4.78 is 0. The molecular weight excluding hydrogens is 108 g/mol. The van der Waals surface area contributed by atoms with Crippen LogP contribution in [0.3, 0.4) is 0 Å². The molecule has 0 spiro atoms. The summed E-state index contributed by atoms with van der Waals surface area (Å²) in [5, 5.41) is 0. The van der Waals surface area contributed by atoms with Gasteiger partial charge in [-0.15, -0.1) is 0 Å². The van der Waals surface area contributed by atoms with Crippen LogP contribution in [0, 0.1) is 5.92 Å². The van der Waals surface area contributed by atoms with Crippen molar-refractivity contribution < 1.29 is 0 Å². The highest BCUT2D eigenvalue weighted by molar-refractivity contribution is 5.08. The molecule has 0 aliphatic heterocycles.